The predicted octanol–water partition coefficient (Wildman–Crippen LogP) is 2.39. The highest BCUT2D eigenvalue weighted by Gasteiger charge is 1.92. The van der Waals surface area contributed by atoms with Gasteiger partial charge in [-0.3, -0.25) is 0 Å². The highest BCUT2D eigenvalue weighted by molar-refractivity contribution is 5.41. The number of aliphatic hydroxyl groups excluding tert-OH is 2. The van der Waals surface area contributed by atoms with E-state index in [1.807, 2.05) is 48.5 Å². The van der Waals surface area contributed by atoms with Crippen molar-refractivity contribution >= 4 is 11.4 Å². The van der Waals surface area contributed by atoms with E-state index in [9.17, 15) is 0 Å². The van der Waals surface area contributed by atoms with Gasteiger partial charge < -0.3 is 21.7 Å². The predicted molar refractivity (Wildman–Crippen MR) is 92.5 cm³/mol. The fourth-order valence-electron chi connectivity index (χ4n) is 2.06. The van der Waals surface area contributed by atoms with Crippen LogP contribution in [0.15, 0.2) is 48.5 Å². The topological polar surface area (TPSA) is 92.5 Å². The second-order valence-electron chi connectivity index (χ2n) is 5.14. The number of aryl methyl sites for hydroxylation is 2. The molecule has 0 aliphatic carbocycles. The molecule has 0 heterocycles. The molecule has 0 aliphatic rings. The zero-order valence-corrected chi connectivity index (χ0v) is 12.9. The van der Waals surface area contributed by atoms with Crippen molar-refractivity contribution in [2.75, 3.05) is 24.7 Å². The van der Waals surface area contributed by atoms with E-state index in [-0.39, 0.29) is 13.2 Å². The van der Waals surface area contributed by atoms with Gasteiger partial charge in [0, 0.05) is 24.6 Å². The summed E-state index contributed by atoms with van der Waals surface area (Å²) in [5, 5.41) is 17.1. The van der Waals surface area contributed by atoms with E-state index in [0.717, 1.165) is 37.1 Å². The molecule has 2 aromatic rings. The monoisotopic (exact) mass is 302 g/mol. The van der Waals surface area contributed by atoms with Crippen LogP contribution < -0.4 is 11.5 Å². The zero-order chi connectivity index (χ0) is 16.2. The molecular formula is C18H26N2O2. The summed E-state index contributed by atoms with van der Waals surface area (Å²) >= 11 is 0. The molecule has 2 rings (SSSR count). The van der Waals surface area contributed by atoms with Gasteiger partial charge in [-0.1, -0.05) is 24.3 Å². The Kier molecular flexibility index (Phi) is 8.72. The number of nitrogen functional groups attached to an aromatic ring is 2. The molecule has 0 unspecified atom stereocenters. The Morgan fingerprint density at radius 1 is 0.682 bits per heavy atom. The second kappa shape index (κ2) is 10.7. The summed E-state index contributed by atoms with van der Waals surface area (Å²) in [6, 6.07) is 15.5. The average Bonchev–Trinajstić information content (AvgIpc) is 2.52. The first kappa shape index (κ1) is 18.0. The van der Waals surface area contributed by atoms with Gasteiger partial charge in [0.1, 0.15) is 0 Å². The van der Waals surface area contributed by atoms with Crippen LogP contribution in [0.25, 0.3) is 0 Å². The summed E-state index contributed by atoms with van der Waals surface area (Å²) in [5.41, 5.74) is 15.1. The minimum Gasteiger partial charge on any atom is -0.399 e. The van der Waals surface area contributed by atoms with E-state index in [1.165, 1.54) is 11.1 Å². The molecule has 6 N–H and O–H groups in total. The first-order valence-electron chi connectivity index (χ1n) is 7.56. The van der Waals surface area contributed by atoms with Gasteiger partial charge in [0.05, 0.1) is 0 Å². The van der Waals surface area contributed by atoms with E-state index >= 15 is 0 Å². The van der Waals surface area contributed by atoms with Crippen molar-refractivity contribution in [3.8, 4) is 0 Å². The fourth-order valence-corrected chi connectivity index (χ4v) is 2.06. The van der Waals surface area contributed by atoms with Crippen LogP contribution in [0, 0.1) is 0 Å². The first-order chi connectivity index (χ1) is 10.7. The summed E-state index contributed by atoms with van der Waals surface area (Å²) in [6.07, 6.45) is 3.43. The van der Waals surface area contributed by atoms with Crippen LogP contribution >= 0.6 is 0 Å². The maximum atomic E-state index is 8.57. The van der Waals surface area contributed by atoms with Crippen LogP contribution in [0.3, 0.4) is 0 Å². The van der Waals surface area contributed by atoms with Crippen LogP contribution in [0.4, 0.5) is 11.4 Å². The molecule has 22 heavy (non-hydrogen) atoms. The normalized spacial score (nSPS) is 9.91. The number of benzene rings is 2. The highest BCUT2D eigenvalue weighted by Crippen LogP contribution is 2.08. The molecule has 4 nitrogen and oxygen atoms in total. The van der Waals surface area contributed by atoms with Crippen molar-refractivity contribution in [2.24, 2.45) is 0 Å². The summed E-state index contributed by atoms with van der Waals surface area (Å²) < 4.78 is 0. The molecule has 0 saturated heterocycles. The van der Waals surface area contributed by atoms with Gasteiger partial charge in [0.15, 0.2) is 0 Å². The molecule has 0 amide bonds. The third kappa shape index (κ3) is 7.67. The molecule has 2 aromatic carbocycles. The smallest absolute Gasteiger partial charge is 0.0434 e. The summed E-state index contributed by atoms with van der Waals surface area (Å²) in [7, 11) is 0. The molecule has 0 spiro atoms. The van der Waals surface area contributed by atoms with Crippen molar-refractivity contribution in [1.82, 2.24) is 0 Å². The van der Waals surface area contributed by atoms with E-state index in [0.29, 0.717) is 0 Å². The van der Waals surface area contributed by atoms with Gasteiger partial charge in [-0.15, -0.1) is 0 Å². The highest BCUT2D eigenvalue weighted by atomic mass is 16.3. The molecular weight excluding hydrogens is 276 g/mol. The standard InChI is InChI=1S/2C9H13NO/c2*10-9-5-1-3-8(7-9)4-2-6-11/h2*1,3,5,7,11H,2,4,6,10H2. The number of nitrogens with two attached hydrogens (primary N) is 2. The minimum atomic E-state index is 0.245. The Morgan fingerprint density at radius 2 is 1.09 bits per heavy atom. The van der Waals surface area contributed by atoms with E-state index in [1.54, 1.807) is 0 Å². The van der Waals surface area contributed by atoms with Crippen molar-refractivity contribution in [3.05, 3.63) is 59.7 Å². The van der Waals surface area contributed by atoms with Gasteiger partial charge in [-0.25, -0.2) is 0 Å². The van der Waals surface area contributed by atoms with Gasteiger partial charge >= 0.3 is 0 Å². The Balaban J connectivity index is 0.000000220. The largest absolute Gasteiger partial charge is 0.399 e. The molecule has 0 saturated carbocycles. The molecule has 0 fully saturated rings. The lowest BCUT2D eigenvalue weighted by Gasteiger charge is -1.99. The Bertz CT molecular complexity index is 495. The number of rotatable bonds is 6. The van der Waals surface area contributed by atoms with Gasteiger partial charge in [0.2, 0.25) is 0 Å². The minimum absolute atomic E-state index is 0.245. The maximum Gasteiger partial charge on any atom is 0.0434 e. The molecule has 0 aromatic heterocycles. The quantitative estimate of drug-likeness (QED) is 0.616. The van der Waals surface area contributed by atoms with Crippen molar-refractivity contribution in [2.45, 2.75) is 25.7 Å². The molecule has 120 valence electrons. The number of anilines is 2. The Morgan fingerprint density at radius 3 is 1.41 bits per heavy atom. The van der Waals surface area contributed by atoms with Gasteiger partial charge in [-0.2, -0.15) is 0 Å². The third-order valence-electron chi connectivity index (χ3n) is 3.15. The van der Waals surface area contributed by atoms with E-state index in [4.69, 9.17) is 21.7 Å². The molecule has 0 atom stereocenters. The molecule has 0 aliphatic heterocycles. The van der Waals surface area contributed by atoms with E-state index < -0.39 is 0 Å². The lowest BCUT2D eigenvalue weighted by molar-refractivity contribution is 0.288. The van der Waals surface area contributed by atoms with Gasteiger partial charge in [-0.05, 0) is 61.1 Å². The van der Waals surface area contributed by atoms with E-state index in [2.05, 4.69) is 0 Å². The molecule has 4 heteroatoms. The summed E-state index contributed by atoms with van der Waals surface area (Å²) in [6.45, 7) is 0.490. The van der Waals surface area contributed by atoms with Crippen molar-refractivity contribution in [1.29, 1.82) is 0 Å². The fraction of sp³-hybridized carbons (Fsp3) is 0.333. The maximum absolute atomic E-state index is 8.57. The van der Waals surface area contributed by atoms with Crippen LogP contribution in [-0.2, 0) is 12.8 Å². The number of hydrogen-bond acceptors (Lipinski definition) is 4. The molecule has 0 radical (unpaired) electrons. The van der Waals surface area contributed by atoms with Crippen LogP contribution in [0.5, 0.6) is 0 Å². The Labute approximate surface area is 132 Å². The third-order valence-corrected chi connectivity index (χ3v) is 3.15. The van der Waals surface area contributed by atoms with Crippen LogP contribution in [0.1, 0.15) is 24.0 Å². The van der Waals surface area contributed by atoms with Crippen molar-refractivity contribution < 1.29 is 10.2 Å². The first-order valence-corrected chi connectivity index (χ1v) is 7.56. The second-order valence-corrected chi connectivity index (χ2v) is 5.14. The Hall–Kier alpha value is -2.04. The lowest BCUT2D eigenvalue weighted by Crippen LogP contribution is -1.91. The van der Waals surface area contributed by atoms with Crippen LogP contribution in [0.2, 0.25) is 0 Å². The number of hydrogen-bond donors (Lipinski definition) is 4. The zero-order valence-electron chi connectivity index (χ0n) is 12.9. The SMILES string of the molecule is Nc1cccc(CCCO)c1.Nc1cccc(CCCO)c1. The number of aliphatic hydroxyl groups is 2. The van der Waals surface area contributed by atoms with Crippen molar-refractivity contribution in [3.63, 3.8) is 0 Å². The summed E-state index contributed by atoms with van der Waals surface area (Å²) in [5.74, 6) is 0. The summed E-state index contributed by atoms with van der Waals surface area (Å²) in [4.78, 5) is 0. The molecule has 0 bridgehead atoms. The average molecular weight is 302 g/mol. The lowest BCUT2D eigenvalue weighted by atomic mass is 10.1. The van der Waals surface area contributed by atoms with Gasteiger partial charge in [0.25, 0.3) is 0 Å². The van der Waals surface area contributed by atoms with Crippen LogP contribution in [-0.4, -0.2) is 23.4 Å².